The molecule has 0 bridgehead atoms. The van der Waals surface area contributed by atoms with Crippen molar-refractivity contribution in [3.05, 3.63) is 47.9 Å². The third kappa shape index (κ3) is 2.35. The number of carboxylic acids is 1. The molecule has 2 heterocycles. The van der Waals surface area contributed by atoms with Gasteiger partial charge in [0.05, 0.1) is 5.56 Å². The van der Waals surface area contributed by atoms with Gasteiger partial charge >= 0.3 is 5.97 Å². The average molecular weight is 285 g/mol. The van der Waals surface area contributed by atoms with Gasteiger partial charge < -0.3 is 5.11 Å². The Bertz CT molecular complexity index is 842. The van der Waals surface area contributed by atoms with E-state index in [1.165, 1.54) is 10.6 Å². The molecular formula is C15H12FN3O2. The fourth-order valence-electron chi connectivity index (χ4n) is 2.24. The molecule has 0 atom stereocenters. The van der Waals surface area contributed by atoms with Gasteiger partial charge in [-0.05, 0) is 30.7 Å². The number of benzene rings is 1. The summed E-state index contributed by atoms with van der Waals surface area (Å²) in [6.45, 7) is 1.54. The van der Waals surface area contributed by atoms with E-state index in [1.54, 1.807) is 30.5 Å². The fraction of sp³-hybridized carbons (Fsp3) is 0.133. The Morgan fingerprint density at radius 2 is 2.14 bits per heavy atom. The van der Waals surface area contributed by atoms with Crippen LogP contribution in [0.25, 0.3) is 22.6 Å². The van der Waals surface area contributed by atoms with Gasteiger partial charge in [-0.2, -0.15) is 0 Å². The van der Waals surface area contributed by atoms with E-state index >= 15 is 0 Å². The van der Waals surface area contributed by atoms with Crippen LogP contribution in [0, 0.1) is 12.7 Å². The average Bonchev–Trinajstić information content (AvgIpc) is 2.76. The summed E-state index contributed by atoms with van der Waals surface area (Å²) in [4.78, 5) is 19.7. The number of hydrogen-bond donors (Lipinski definition) is 1. The maximum atomic E-state index is 14.0. The molecule has 0 unspecified atom stereocenters. The molecule has 0 saturated heterocycles. The van der Waals surface area contributed by atoms with Crippen molar-refractivity contribution in [2.75, 3.05) is 0 Å². The largest absolute Gasteiger partial charge is 0.480 e. The first-order chi connectivity index (χ1) is 10.1. The molecule has 106 valence electrons. The summed E-state index contributed by atoms with van der Waals surface area (Å²) in [6, 6.07) is 7.94. The monoisotopic (exact) mass is 285 g/mol. The normalized spacial score (nSPS) is 11.0. The quantitative estimate of drug-likeness (QED) is 0.803. The van der Waals surface area contributed by atoms with Crippen molar-refractivity contribution in [2.45, 2.75) is 13.5 Å². The van der Waals surface area contributed by atoms with Gasteiger partial charge in [-0.1, -0.05) is 12.1 Å². The van der Waals surface area contributed by atoms with Crippen molar-refractivity contribution >= 4 is 17.1 Å². The van der Waals surface area contributed by atoms with E-state index in [0.29, 0.717) is 11.2 Å². The van der Waals surface area contributed by atoms with Crippen LogP contribution in [0.2, 0.25) is 0 Å². The summed E-state index contributed by atoms with van der Waals surface area (Å²) < 4.78 is 15.4. The third-order valence-corrected chi connectivity index (χ3v) is 3.13. The Hall–Kier alpha value is -2.76. The third-order valence-electron chi connectivity index (χ3n) is 3.13. The molecule has 0 aliphatic rings. The number of hydrogen-bond acceptors (Lipinski definition) is 3. The number of halogens is 1. The summed E-state index contributed by atoms with van der Waals surface area (Å²) in [5.41, 5.74) is 2.15. The molecule has 1 N–H and O–H groups in total. The summed E-state index contributed by atoms with van der Waals surface area (Å²) in [7, 11) is 0. The number of imidazole rings is 1. The molecule has 0 amide bonds. The lowest BCUT2D eigenvalue weighted by molar-refractivity contribution is -0.137. The molecule has 0 spiro atoms. The molecule has 2 aromatic heterocycles. The summed E-state index contributed by atoms with van der Waals surface area (Å²) in [6.07, 6.45) is 1.63. The molecule has 0 aliphatic carbocycles. The molecule has 1 aromatic carbocycles. The Morgan fingerprint density at radius 3 is 2.86 bits per heavy atom. The Morgan fingerprint density at radius 1 is 1.38 bits per heavy atom. The minimum atomic E-state index is -1.03. The van der Waals surface area contributed by atoms with Crippen LogP contribution in [0.4, 0.5) is 4.39 Å². The lowest BCUT2D eigenvalue weighted by Gasteiger charge is -2.06. The van der Waals surface area contributed by atoms with Crippen molar-refractivity contribution in [1.82, 2.24) is 14.5 Å². The zero-order valence-corrected chi connectivity index (χ0v) is 11.2. The second-order valence-electron chi connectivity index (χ2n) is 4.75. The molecule has 0 aliphatic heterocycles. The van der Waals surface area contributed by atoms with Crippen LogP contribution in [0.3, 0.4) is 0 Å². The van der Waals surface area contributed by atoms with Crippen molar-refractivity contribution < 1.29 is 14.3 Å². The SMILES string of the molecule is Cc1cnc2c(c1)nc(-c1ccccc1F)n2CC(=O)O. The molecule has 0 fully saturated rings. The number of nitrogens with zero attached hydrogens (tertiary/aromatic N) is 3. The molecule has 21 heavy (non-hydrogen) atoms. The van der Waals surface area contributed by atoms with Gasteiger partial charge in [0.1, 0.15) is 23.7 Å². The van der Waals surface area contributed by atoms with Crippen molar-refractivity contribution in [3.8, 4) is 11.4 Å². The van der Waals surface area contributed by atoms with E-state index in [0.717, 1.165) is 5.56 Å². The van der Waals surface area contributed by atoms with Gasteiger partial charge in [-0.15, -0.1) is 0 Å². The number of pyridine rings is 1. The zero-order chi connectivity index (χ0) is 15.0. The number of fused-ring (bicyclic) bond motifs is 1. The van der Waals surface area contributed by atoms with E-state index in [9.17, 15) is 9.18 Å². The van der Waals surface area contributed by atoms with E-state index in [-0.39, 0.29) is 17.9 Å². The maximum Gasteiger partial charge on any atom is 0.323 e. The van der Waals surface area contributed by atoms with Crippen molar-refractivity contribution in [2.24, 2.45) is 0 Å². The highest BCUT2D eigenvalue weighted by molar-refractivity contribution is 5.80. The number of rotatable bonds is 3. The van der Waals surface area contributed by atoms with Crippen LogP contribution >= 0.6 is 0 Å². The lowest BCUT2D eigenvalue weighted by Crippen LogP contribution is -2.11. The lowest BCUT2D eigenvalue weighted by atomic mass is 10.2. The molecule has 0 radical (unpaired) electrons. The summed E-state index contributed by atoms with van der Waals surface area (Å²) >= 11 is 0. The first-order valence-electron chi connectivity index (χ1n) is 6.36. The zero-order valence-electron chi connectivity index (χ0n) is 11.2. The van der Waals surface area contributed by atoms with Crippen LogP contribution < -0.4 is 0 Å². The summed E-state index contributed by atoms with van der Waals surface area (Å²) in [5, 5.41) is 9.07. The predicted octanol–water partition coefficient (Wildman–Crippen LogP) is 2.63. The molecule has 6 heteroatoms. The topological polar surface area (TPSA) is 68.0 Å². The molecule has 3 rings (SSSR count). The maximum absolute atomic E-state index is 14.0. The molecule has 3 aromatic rings. The summed E-state index contributed by atoms with van der Waals surface area (Å²) in [5.74, 6) is -1.21. The Labute approximate surface area is 119 Å². The Balaban J connectivity index is 2.30. The molecule has 0 saturated carbocycles. The molecular weight excluding hydrogens is 273 g/mol. The highest BCUT2D eigenvalue weighted by Gasteiger charge is 2.18. The standard InChI is InChI=1S/C15H12FN3O2/c1-9-6-12-15(17-7-9)19(8-13(20)21)14(18-12)10-4-2-3-5-11(10)16/h2-7H,8H2,1H3,(H,20,21). The predicted molar refractivity (Wildman–Crippen MR) is 75.3 cm³/mol. The van der Waals surface area contributed by atoms with Crippen molar-refractivity contribution in [1.29, 1.82) is 0 Å². The first kappa shape index (κ1) is 13.2. The Kier molecular flexibility index (Phi) is 3.13. The fourth-order valence-corrected chi connectivity index (χ4v) is 2.24. The van der Waals surface area contributed by atoms with Gasteiger partial charge in [-0.25, -0.2) is 14.4 Å². The van der Waals surface area contributed by atoms with Crippen LogP contribution in [-0.2, 0) is 11.3 Å². The van der Waals surface area contributed by atoms with Gasteiger partial charge in [0, 0.05) is 6.20 Å². The second-order valence-corrected chi connectivity index (χ2v) is 4.75. The van der Waals surface area contributed by atoms with Gasteiger partial charge in [-0.3, -0.25) is 9.36 Å². The highest BCUT2D eigenvalue weighted by atomic mass is 19.1. The smallest absolute Gasteiger partial charge is 0.323 e. The number of carbonyl (C=O) groups is 1. The molecule has 5 nitrogen and oxygen atoms in total. The van der Waals surface area contributed by atoms with Gasteiger partial charge in [0.25, 0.3) is 0 Å². The minimum Gasteiger partial charge on any atom is -0.480 e. The number of aryl methyl sites for hydroxylation is 1. The van der Waals surface area contributed by atoms with Gasteiger partial charge in [0.15, 0.2) is 5.65 Å². The van der Waals surface area contributed by atoms with Crippen LogP contribution in [0.15, 0.2) is 36.5 Å². The number of aliphatic carboxylic acids is 1. The second kappa shape index (κ2) is 4.97. The van der Waals surface area contributed by atoms with Crippen LogP contribution in [0.5, 0.6) is 0 Å². The number of carboxylic acid groups (broad SMARTS) is 1. The highest BCUT2D eigenvalue weighted by Crippen LogP contribution is 2.26. The van der Waals surface area contributed by atoms with Gasteiger partial charge in [0.2, 0.25) is 0 Å². The van der Waals surface area contributed by atoms with E-state index in [4.69, 9.17) is 5.11 Å². The van der Waals surface area contributed by atoms with E-state index in [1.807, 2.05) is 6.92 Å². The van der Waals surface area contributed by atoms with Crippen LogP contribution in [0.1, 0.15) is 5.56 Å². The van der Waals surface area contributed by atoms with Crippen molar-refractivity contribution in [3.63, 3.8) is 0 Å². The van der Waals surface area contributed by atoms with E-state index in [2.05, 4.69) is 9.97 Å². The first-order valence-corrected chi connectivity index (χ1v) is 6.36. The minimum absolute atomic E-state index is 0.259. The van der Waals surface area contributed by atoms with E-state index < -0.39 is 11.8 Å². The number of aromatic nitrogens is 3. The van der Waals surface area contributed by atoms with Crippen LogP contribution in [-0.4, -0.2) is 25.6 Å².